The van der Waals surface area contributed by atoms with Crippen LogP contribution in [0.3, 0.4) is 0 Å². The van der Waals surface area contributed by atoms with Gasteiger partial charge in [-0.15, -0.1) is 0 Å². The average molecular weight is 350 g/mol. The van der Waals surface area contributed by atoms with Crippen molar-refractivity contribution < 1.29 is 26.4 Å². The standard InChI is InChI=1S/C14H17F3N2O3S/c1-18(23(2,21)22)9-13(20)19-8-4-5-10-11(14(15,16)17)6-3-7-12(10)19/h3,6-7H,4-5,8-9H2,1-2H3. The summed E-state index contributed by atoms with van der Waals surface area (Å²) < 4.78 is 62.9. The van der Waals surface area contributed by atoms with Crippen molar-refractivity contribution in [1.29, 1.82) is 0 Å². The zero-order valence-electron chi connectivity index (χ0n) is 12.7. The van der Waals surface area contributed by atoms with Crippen molar-refractivity contribution in [3.63, 3.8) is 0 Å². The molecule has 9 heteroatoms. The quantitative estimate of drug-likeness (QED) is 0.836. The molecule has 0 N–H and O–H groups in total. The zero-order valence-corrected chi connectivity index (χ0v) is 13.5. The molecule has 0 saturated carbocycles. The summed E-state index contributed by atoms with van der Waals surface area (Å²) in [5.41, 5.74) is -0.455. The van der Waals surface area contributed by atoms with Crippen LogP contribution >= 0.6 is 0 Å². The van der Waals surface area contributed by atoms with E-state index in [1.165, 1.54) is 24.1 Å². The Labute approximate surface area is 132 Å². The van der Waals surface area contributed by atoms with Gasteiger partial charge in [-0.1, -0.05) is 6.07 Å². The first-order valence-corrected chi connectivity index (χ1v) is 8.77. The second-order valence-corrected chi connectivity index (χ2v) is 7.56. The van der Waals surface area contributed by atoms with Gasteiger partial charge in [0.1, 0.15) is 0 Å². The molecule has 1 amide bonds. The van der Waals surface area contributed by atoms with Crippen LogP contribution in [-0.4, -0.2) is 45.0 Å². The largest absolute Gasteiger partial charge is 0.416 e. The molecule has 1 aliphatic rings. The van der Waals surface area contributed by atoms with E-state index >= 15 is 0 Å². The van der Waals surface area contributed by atoms with Gasteiger partial charge in [0.05, 0.1) is 18.4 Å². The van der Waals surface area contributed by atoms with E-state index in [0.29, 0.717) is 6.42 Å². The lowest BCUT2D eigenvalue weighted by Gasteiger charge is -2.32. The highest BCUT2D eigenvalue weighted by atomic mass is 32.2. The van der Waals surface area contributed by atoms with E-state index in [2.05, 4.69) is 0 Å². The molecule has 0 spiro atoms. The van der Waals surface area contributed by atoms with Crippen molar-refractivity contribution in [2.75, 3.05) is 31.3 Å². The van der Waals surface area contributed by atoms with Crippen molar-refractivity contribution in [1.82, 2.24) is 4.31 Å². The van der Waals surface area contributed by atoms with Crippen LogP contribution < -0.4 is 4.90 Å². The Morgan fingerprint density at radius 3 is 2.57 bits per heavy atom. The van der Waals surface area contributed by atoms with Crippen molar-refractivity contribution in [3.8, 4) is 0 Å². The molecule has 5 nitrogen and oxygen atoms in total. The number of amides is 1. The Balaban J connectivity index is 2.34. The molecule has 1 aliphatic heterocycles. The fourth-order valence-corrected chi connectivity index (χ4v) is 2.89. The summed E-state index contributed by atoms with van der Waals surface area (Å²) in [7, 11) is -2.29. The van der Waals surface area contributed by atoms with Gasteiger partial charge in [0.25, 0.3) is 0 Å². The molecule has 0 aromatic heterocycles. The number of alkyl halides is 3. The predicted molar refractivity (Wildman–Crippen MR) is 79.6 cm³/mol. The molecule has 1 aromatic carbocycles. The van der Waals surface area contributed by atoms with Gasteiger partial charge < -0.3 is 4.90 Å². The van der Waals surface area contributed by atoms with Gasteiger partial charge in [0, 0.05) is 19.3 Å². The Morgan fingerprint density at radius 1 is 1.35 bits per heavy atom. The average Bonchev–Trinajstić information content (AvgIpc) is 2.43. The summed E-state index contributed by atoms with van der Waals surface area (Å²) in [5.74, 6) is -0.543. The molecule has 0 unspecified atom stereocenters. The van der Waals surface area contributed by atoms with Gasteiger partial charge in [0.15, 0.2) is 0 Å². The molecule has 1 heterocycles. The number of likely N-dealkylation sites (N-methyl/N-ethyl adjacent to an activating group) is 1. The normalized spacial score (nSPS) is 15.7. The van der Waals surface area contributed by atoms with Crippen LogP contribution in [0.1, 0.15) is 17.5 Å². The smallest absolute Gasteiger partial charge is 0.311 e. The molecule has 23 heavy (non-hydrogen) atoms. The Hall–Kier alpha value is -1.61. The summed E-state index contributed by atoms with van der Waals surface area (Å²) >= 11 is 0. The zero-order chi connectivity index (χ0) is 17.4. The van der Waals surface area contributed by atoms with Crippen LogP contribution in [0.15, 0.2) is 18.2 Å². The number of sulfonamides is 1. The molecule has 0 aliphatic carbocycles. The molecule has 128 valence electrons. The van der Waals surface area contributed by atoms with Crippen LogP contribution in [0.4, 0.5) is 18.9 Å². The van der Waals surface area contributed by atoms with E-state index in [-0.39, 0.29) is 24.2 Å². The molecule has 0 bridgehead atoms. The van der Waals surface area contributed by atoms with Crippen LogP contribution in [-0.2, 0) is 27.4 Å². The number of hydrogen-bond donors (Lipinski definition) is 0. The molecule has 1 aromatic rings. The molecule has 2 rings (SSSR count). The van der Waals surface area contributed by atoms with Crippen LogP contribution in [0.2, 0.25) is 0 Å². The third-order valence-corrected chi connectivity index (χ3v) is 5.04. The number of halogens is 3. The van der Waals surface area contributed by atoms with E-state index in [9.17, 15) is 26.4 Å². The lowest BCUT2D eigenvalue weighted by molar-refractivity contribution is -0.138. The van der Waals surface area contributed by atoms with Gasteiger partial charge >= 0.3 is 6.18 Å². The second kappa shape index (κ2) is 6.12. The number of hydrogen-bond acceptors (Lipinski definition) is 3. The van der Waals surface area contributed by atoms with Crippen molar-refractivity contribution in [2.24, 2.45) is 0 Å². The van der Waals surface area contributed by atoms with Gasteiger partial charge in [-0.3, -0.25) is 4.79 Å². The fourth-order valence-electron chi connectivity index (χ4n) is 2.54. The van der Waals surface area contributed by atoms with Gasteiger partial charge in [0.2, 0.25) is 15.9 Å². The number of fused-ring (bicyclic) bond motifs is 1. The van der Waals surface area contributed by atoms with E-state index in [4.69, 9.17) is 0 Å². The van der Waals surface area contributed by atoms with Gasteiger partial charge in [-0.2, -0.15) is 17.5 Å². The Bertz CT molecular complexity index is 716. The van der Waals surface area contributed by atoms with Gasteiger partial charge in [-0.25, -0.2) is 8.42 Å². The molecular weight excluding hydrogens is 333 g/mol. The first-order valence-electron chi connectivity index (χ1n) is 6.92. The molecule has 0 saturated heterocycles. The number of rotatable bonds is 3. The molecule has 0 fully saturated rings. The number of carbonyl (C=O) groups excluding carboxylic acids is 1. The lowest BCUT2D eigenvalue weighted by Crippen LogP contribution is -2.43. The first-order chi connectivity index (χ1) is 10.5. The predicted octanol–water partition coefficient (Wildman–Crippen LogP) is 1.88. The monoisotopic (exact) mass is 350 g/mol. The lowest BCUT2D eigenvalue weighted by atomic mass is 9.96. The van der Waals surface area contributed by atoms with E-state index < -0.39 is 34.2 Å². The maximum atomic E-state index is 13.1. The minimum Gasteiger partial charge on any atom is -0.311 e. The Morgan fingerprint density at radius 2 is 2.00 bits per heavy atom. The highest BCUT2D eigenvalue weighted by Gasteiger charge is 2.36. The maximum Gasteiger partial charge on any atom is 0.416 e. The number of nitrogens with zero attached hydrogens (tertiary/aromatic N) is 2. The fraction of sp³-hybridized carbons (Fsp3) is 0.500. The number of carbonyl (C=O) groups is 1. The SMILES string of the molecule is CN(CC(=O)N1CCCc2c1cccc2C(F)(F)F)S(C)(=O)=O. The van der Waals surface area contributed by atoms with E-state index in [1.807, 2.05) is 0 Å². The number of benzene rings is 1. The maximum absolute atomic E-state index is 13.1. The molecule has 0 radical (unpaired) electrons. The van der Waals surface area contributed by atoms with Gasteiger partial charge in [-0.05, 0) is 30.5 Å². The third kappa shape index (κ3) is 3.84. The highest BCUT2D eigenvalue weighted by Crippen LogP contribution is 2.38. The minimum atomic E-state index is -4.49. The summed E-state index contributed by atoms with van der Waals surface area (Å²) in [4.78, 5) is 13.5. The summed E-state index contributed by atoms with van der Waals surface area (Å²) in [6, 6.07) is 3.71. The first kappa shape index (κ1) is 17.7. The number of anilines is 1. The highest BCUT2D eigenvalue weighted by molar-refractivity contribution is 7.88. The van der Waals surface area contributed by atoms with Crippen LogP contribution in [0, 0.1) is 0 Å². The topological polar surface area (TPSA) is 57.7 Å². The van der Waals surface area contributed by atoms with Crippen LogP contribution in [0.5, 0.6) is 0 Å². The minimum absolute atomic E-state index is 0.0848. The summed E-state index contributed by atoms with van der Waals surface area (Å²) in [6.45, 7) is -0.140. The summed E-state index contributed by atoms with van der Waals surface area (Å²) in [5, 5.41) is 0. The molecular formula is C14H17F3N2O3S. The van der Waals surface area contributed by atoms with Crippen molar-refractivity contribution >= 4 is 21.6 Å². The van der Waals surface area contributed by atoms with Crippen molar-refractivity contribution in [3.05, 3.63) is 29.3 Å². The Kier molecular flexibility index (Phi) is 4.72. The summed E-state index contributed by atoms with van der Waals surface area (Å²) in [6.07, 6.45) is -2.89. The van der Waals surface area contributed by atoms with E-state index in [0.717, 1.165) is 16.6 Å². The van der Waals surface area contributed by atoms with E-state index in [1.54, 1.807) is 0 Å². The van der Waals surface area contributed by atoms with Crippen LogP contribution in [0.25, 0.3) is 0 Å². The third-order valence-electron chi connectivity index (χ3n) is 3.78. The molecule has 0 atom stereocenters. The second-order valence-electron chi connectivity index (χ2n) is 5.47. The van der Waals surface area contributed by atoms with Crippen molar-refractivity contribution in [2.45, 2.75) is 19.0 Å².